The average molecular weight is 542 g/mol. The minimum absolute atomic E-state index is 0.0793. The van der Waals surface area contributed by atoms with Crippen LogP contribution in [-0.4, -0.2) is 82.7 Å². The molecule has 0 aliphatic carbocycles. The standard InChI is InChI=1S/C29H39N3O5S/c1-6-16-31(21-12-10-20(11-13-21)30(8-3)9-4)27(35)25-29-15-14-22(38-29)23(28(36)37-17-7-2)24(29)26(34)32(25)19(5)18-33/h6-7,10-13,19,22-25,33H,1-2,8-9,14-18H2,3-5H3/t19-,22+,23-,24+,25?,29?/m1/s1. The maximum Gasteiger partial charge on any atom is 0.311 e. The Balaban J connectivity index is 1.73. The number of aliphatic hydroxyl groups is 1. The number of carbonyl (C=O) groups excluding carboxylic acids is 3. The van der Waals surface area contributed by atoms with Crippen molar-refractivity contribution in [3.8, 4) is 0 Å². The maximum atomic E-state index is 14.5. The summed E-state index contributed by atoms with van der Waals surface area (Å²) < 4.78 is 4.65. The summed E-state index contributed by atoms with van der Waals surface area (Å²) in [5.41, 5.74) is 1.79. The van der Waals surface area contributed by atoms with E-state index in [1.54, 1.807) is 29.7 Å². The summed E-state index contributed by atoms with van der Waals surface area (Å²) in [6.45, 7) is 15.3. The minimum atomic E-state index is -0.809. The molecule has 1 spiro atoms. The molecule has 1 aromatic carbocycles. The Morgan fingerprint density at radius 3 is 2.45 bits per heavy atom. The number of nitrogens with zero attached hydrogens (tertiary/aromatic N) is 3. The van der Waals surface area contributed by atoms with Crippen LogP contribution in [0.25, 0.3) is 0 Å². The Labute approximate surface area is 229 Å². The average Bonchev–Trinajstić information content (AvgIpc) is 3.58. The van der Waals surface area contributed by atoms with Crippen LogP contribution >= 0.6 is 11.8 Å². The summed E-state index contributed by atoms with van der Waals surface area (Å²) in [6.07, 6.45) is 4.57. The zero-order valence-electron chi connectivity index (χ0n) is 22.5. The van der Waals surface area contributed by atoms with E-state index in [0.717, 1.165) is 25.2 Å². The number of carbonyl (C=O) groups is 3. The number of benzene rings is 1. The van der Waals surface area contributed by atoms with Crippen molar-refractivity contribution in [3.05, 3.63) is 49.6 Å². The van der Waals surface area contributed by atoms with Gasteiger partial charge < -0.3 is 24.5 Å². The van der Waals surface area contributed by atoms with E-state index >= 15 is 0 Å². The van der Waals surface area contributed by atoms with Crippen LogP contribution in [-0.2, 0) is 19.1 Å². The van der Waals surface area contributed by atoms with Crippen molar-refractivity contribution < 1.29 is 24.2 Å². The van der Waals surface area contributed by atoms with Crippen molar-refractivity contribution >= 4 is 40.9 Å². The molecule has 4 rings (SSSR count). The molecule has 0 aromatic heterocycles. The van der Waals surface area contributed by atoms with Gasteiger partial charge in [0.05, 0.1) is 29.2 Å². The molecule has 3 aliphatic rings. The molecule has 1 aromatic rings. The predicted molar refractivity (Wildman–Crippen MR) is 151 cm³/mol. The lowest BCUT2D eigenvalue weighted by Gasteiger charge is -2.39. The largest absolute Gasteiger partial charge is 0.461 e. The van der Waals surface area contributed by atoms with Gasteiger partial charge in [-0.15, -0.1) is 18.3 Å². The number of hydrogen-bond acceptors (Lipinski definition) is 7. The smallest absolute Gasteiger partial charge is 0.311 e. The van der Waals surface area contributed by atoms with E-state index in [2.05, 4.69) is 31.9 Å². The summed E-state index contributed by atoms with van der Waals surface area (Å²) in [5, 5.41) is 9.99. The lowest BCUT2D eigenvalue weighted by Crippen LogP contribution is -2.57. The Hall–Kier alpha value is -2.78. The fraction of sp³-hybridized carbons (Fsp3) is 0.552. The molecule has 0 radical (unpaired) electrons. The second-order valence-corrected chi connectivity index (χ2v) is 11.8. The number of amides is 2. The Morgan fingerprint density at radius 2 is 1.87 bits per heavy atom. The number of rotatable bonds is 12. The van der Waals surface area contributed by atoms with Crippen molar-refractivity contribution in [2.45, 2.75) is 55.7 Å². The van der Waals surface area contributed by atoms with E-state index in [9.17, 15) is 19.5 Å². The van der Waals surface area contributed by atoms with Gasteiger partial charge in [-0.3, -0.25) is 14.4 Å². The van der Waals surface area contributed by atoms with Crippen LogP contribution in [0.1, 0.15) is 33.6 Å². The Morgan fingerprint density at radius 1 is 1.21 bits per heavy atom. The fourth-order valence-electron chi connectivity index (χ4n) is 6.47. The summed E-state index contributed by atoms with van der Waals surface area (Å²) in [7, 11) is 0. The van der Waals surface area contributed by atoms with Crippen LogP contribution in [0.15, 0.2) is 49.6 Å². The first-order valence-electron chi connectivity index (χ1n) is 13.4. The highest BCUT2D eigenvalue weighted by atomic mass is 32.2. The molecule has 6 atom stereocenters. The summed E-state index contributed by atoms with van der Waals surface area (Å²) in [6, 6.07) is 6.48. The van der Waals surface area contributed by atoms with Gasteiger partial charge in [0.2, 0.25) is 5.91 Å². The molecule has 3 aliphatic heterocycles. The van der Waals surface area contributed by atoms with Crippen LogP contribution in [0, 0.1) is 11.8 Å². The van der Waals surface area contributed by atoms with Gasteiger partial charge in [0.15, 0.2) is 0 Å². The van der Waals surface area contributed by atoms with Crippen molar-refractivity contribution in [1.29, 1.82) is 0 Å². The van der Waals surface area contributed by atoms with E-state index in [4.69, 9.17) is 4.74 Å². The highest BCUT2D eigenvalue weighted by Crippen LogP contribution is 2.67. The second kappa shape index (κ2) is 11.5. The number of aliphatic hydroxyl groups excluding tert-OH is 1. The van der Waals surface area contributed by atoms with Gasteiger partial charge in [-0.2, -0.15) is 0 Å². The molecule has 206 valence electrons. The van der Waals surface area contributed by atoms with Gasteiger partial charge in [0.1, 0.15) is 12.6 Å². The number of esters is 1. The first-order valence-corrected chi connectivity index (χ1v) is 14.3. The van der Waals surface area contributed by atoms with Crippen molar-refractivity contribution in [1.82, 2.24) is 4.90 Å². The number of anilines is 2. The summed E-state index contributed by atoms with van der Waals surface area (Å²) in [4.78, 5) is 46.9. The molecule has 3 heterocycles. The zero-order valence-corrected chi connectivity index (χ0v) is 23.4. The summed E-state index contributed by atoms with van der Waals surface area (Å²) >= 11 is 1.58. The van der Waals surface area contributed by atoms with Gasteiger partial charge in [-0.25, -0.2) is 0 Å². The van der Waals surface area contributed by atoms with Crippen LogP contribution in [0.5, 0.6) is 0 Å². The lowest BCUT2D eigenvalue weighted by atomic mass is 9.71. The molecule has 2 bridgehead atoms. The third-order valence-electron chi connectivity index (χ3n) is 8.19. The van der Waals surface area contributed by atoms with Crippen molar-refractivity contribution in [2.24, 2.45) is 11.8 Å². The molecule has 3 fully saturated rings. The third-order valence-corrected chi connectivity index (χ3v) is 10.1. The minimum Gasteiger partial charge on any atom is -0.461 e. The summed E-state index contributed by atoms with van der Waals surface area (Å²) in [5.74, 6) is -2.17. The molecule has 0 saturated carbocycles. The molecule has 38 heavy (non-hydrogen) atoms. The van der Waals surface area contributed by atoms with Gasteiger partial charge >= 0.3 is 5.97 Å². The van der Waals surface area contributed by atoms with Gasteiger partial charge in [-0.1, -0.05) is 18.7 Å². The highest BCUT2D eigenvalue weighted by molar-refractivity contribution is 8.02. The number of ether oxygens (including phenoxy) is 1. The normalized spacial score (nSPS) is 28.1. The third kappa shape index (κ3) is 4.53. The van der Waals surface area contributed by atoms with Crippen molar-refractivity contribution in [2.75, 3.05) is 42.6 Å². The molecule has 8 nitrogen and oxygen atoms in total. The zero-order chi connectivity index (χ0) is 27.6. The highest BCUT2D eigenvalue weighted by Gasteiger charge is 2.74. The second-order valence-electron chi connectivity index (χ2n) is 10.2. The van der Waals surface area contributed by atoms with E-state index in [0.29, 0.717) is 12.1 Å². The molecule has 1 N–H and O–H groups in total. The van der Waals surface area contributed by atoms with Crippen molar-refractivity contribution in [3.63, 3.8) is 0 Å². The SMILES string of the molecule is C=CCOC(=O)[C@@H]1[C@@H]2CCC3(S2)C(C(=O)N(CC=C)c2ccc(N(CC)CC)cc2)N([C@H](C)CO)C(=O)[C@H]13. The Bertz CT molecular complexity index is 1070. The molecular weight excluding hydrogens is 502 g/mol. The first-order chi connectivity index (χ1) is 18.3. The monoisotopic (exact) mass is 541 g/mol. The van der Waals surface area contributed by atoms with E-state index < -0.39 is 34.6 Å². The van der Waals surface area contributed by atoms with E-state index in [1.807, 2.05) is 24.3 Å². The maximum absolute atomic E-state index is 14.5. The molecule has 2 amide bonds. The predicted octanol–water partition coefficient (Wildman–Crippen LogP) is 3.25. The number of fused-ring (bicyclic) bond motifs is 1. The van der Waals surface area contributed by atoms with Crippen LogP contribution in [0.2, 0.25) is 0 Å². The molecule has 3 saturated heterocycles. The van der Waals surface area contributed by atoms with Gasteiger partial charge in [0, 0.05) is 36.3 Å². The topological polar surface area (TPSA) is 90.4 Å². The van der Waals surface area contributed by atoms with E-state index in [-0.39, 0.29) is 36.8 Å². The van der Waals surface area contributed by atoms with Crippen LogP contribution in [0.3, 0.4) is 0 Å². The van der Waals surface area contributed by atoms with Crippen LogP contribution in [0.4, 0.5) is 11.4 Å². The number of thioether (sulfide) groups is 1. The Kier molecular flexibility index (Phi) is 8.57. The number of hydrogen-bond donors (Lipinski definition) is 1. The van der Waals surface area contributed by atoms with Gasteiger partial charge in [0.25, 0.3) is 5.91 Å². The number of likely N-dealkylation sites (tertiary alicyclic amines) is 1. The lowest BCUT2D eigenvalue weighted by molar-refractivity contribution is -0.153. The first kappa shape index (κ1) is 28.2. The van der Waals surface area contributed by atoms with Crippen LogP contribution < -0.4 is 9.80 Å². The van der Waals surface area contributed by atoms with E-state index in [1.165, 1.54) is 11.0 Å². The molecule has 2 unspecified atom stereocenters. The molecular formula is C29H39N3O5S. The van der Waals surface area contributed by atoms with Gasteiger partial charge in [-0.05, 0) is 57.9 Å². The quantitative estimate of drug-likeness (QED) is 0.321. The fourth-order valence-corrected chi connectivity index (χ4v) is 8.66. The molecule has 9 heteroatoms.